The summed E-state index contributed by atoms with van der Waals surface area (Å²) in [6.07, 6.45) is 2.37. The van der Waals surface area contributed by atoms with Gasteiger partial charge in [0.05, 0.1) is 5.69 Å². The van der Waals surface area contributed by atoms with Crippen molar-refractivity contribution in [1.82, 2.24) is 9.88 Å². The minimum Gasteiger partial charge on any atom is -0.306 e. The molecule has 1 aromatic carbocycles. The quantitative estimate of drug-likeness (QED) is 0.827. The third kappa shape index (κ3) is 2.73. The number of rotatable bonds is 2. The van der Waals surface area contributed by atoms with E-state index in [0.717, 1.165) is 30.9 Å². The molecule has 20 heavy (non-hydrogen) atoms. The summed E-state index contributed by atoms with van der Waals surface area (Å²) in [6, 6.07) is 12.8. The zero-order valence-electron chi connectivity index (χ0n) is 11.7. The minimum absolute atomic E-state index is 0.210. The number of likely N-dealkylation sites (tertiary alicyclic amines) is 1. The van der Waals surface area contributed by atoms with E-state index in [1.165, 1.54) is 12.5 Å². The van der Waals surface area contributed by atoms with Crippen LogP contribution in [0.25, 0.3) is 11.3 Å². The highest BCUT2D eigenvalue weighted by Gasteiger charge is 2.20. The molecule has 2 aromatic rings. The van der Waals surface area contributed by atoms with Crippen LogP contribution in [0.4, 0.5) is 4.39 Å². The first-order chi connectivity index (χ1) is 9.74. The molecule has 0 unspecified atom stereocenters. The highest BCUT2D eigenvalue weighted by Crippen LogP contribution is 2.27. The molecule has 0 spiro atoms. The van der Waals surface area contributed by atoms with E-state index in [1.807, 2.05) is 18.2 Å². The van der Waals surface area contributed by atoms with Crippen LogP contribution in [-0.2, 0) is 0 Å². The number of hydrogen-bond donors (Lipinski definition) is 0. The fourth-order valence-corrected chi connectivity index (χ4v) is 2.91. The van der Waals surface area contributed by atoms with Gasteiger partial charge in [-0.25, -0.2) is 4.39 Å². The minimum atomic E-state index is -0.210. The van der Waals surface area contributed by atoms with Gasteiger partial charge in [0.2, 0.25) is 0 Å². The molecular weight excluding hydrogens is 251 g/mol. The molecule has 0 radical (unpaired) electrons. The number of benzene rings is 1. The van der Waals surface area contributed by atoms with Crippen molar-refractivity contribution in [2.24, 2.45) is 0 Å². The van der Waals surface area contributed by atoms with Gasteiger partial charge in [0.25, 0.3) is 0 Å². The Kier molecular flexibility index (Phi) is 3.79. The molecule has 1 aliphatic heterocycles. The second-order valence-electron chi connectivity index (χ2n) is 5.53. The first-order valence-electron chi connectivity index (χ1n) is 7.14. The SMILES string of the molecule is CN1CCC[C@@H](c2cccc(-c3ccccc3F)n2)C1. The molecule has 1 aliphatic rings. The smallest absolute Gasteiger partial charge is 0.132 e. The Bertz CT molecular complexity index is 597. The monoisotopic (exact) mass is 270 g/mol. The highest BCUT2D eigenvalue weighted by atomic mass is 19.1. The van der Waals surface area contributed by atoms with E-state index < -0.39 is 0 Å². The number of pyridine rings is 1. The van der Waals surface area contributed by atoms with Crippen LogP contribution < -0.4 is 0 Å². The van der Waals surface area contributed by atoms with Crippen LogP contribution in [0.15, 0.2) is 42.5 Å². The van der Waals surface area contributed by atoms with E-state index in [-0.39, 0.29) is 5.82 Å². The van der Waals surface area contributed by atoms with E-state index >= 15 is 0 Å². The molecule has 2 heterocycles. The predicted octanol–water partition coefficient (Wildman–Crippen LogP) is 3.70. The van der Waals surface area contributed by atoms with Crippen molar-refractivity contribution in [3.05, 3.63) is 54.0 Å². The van der Waals surface area contributed by atoms with Crippen LogP contribution in [-0.4, -0.2) is 30.0 Å². The number of piperidine rings is 1. The molecule has 1 fully saturated rings. The van der Waals surface area contributed by atoms with Crippen molar-refractivity contribution in [3.63, 3.8) is 0 Å². The maximum absolute atomic E-state index is 13.9. The maximum atomic E-state index is 13.9. The van der Waals surface area contributed by atoms with Gasteiger partial charge in [-0.2, -0.15) is 0 Å². The van der Waals surface area contributed by atoms with Gasteiger partial charge in [-0.3, -0.25) is 4.98 Å². The second-order valence-corrected chi connectivity index (χ2v) is 5.53. The fraction of sp³-hybridized carbons (Fsp3) is 0.353. The lowest BCUT2D eigenvalue weighted by Gasteiger charge is -2.29. The average Bonchev–Trinajstić information content (AvgIpc) is 2.48. The first kappa shape index (κ1) is 13.3. The number of aromatic nitrogens is 1. The molecule has 1 atom stereocenters. The van der Waals surface area contributed by atoms with Gasteiger partial charge < -0.3 is 4.90 Å². The zero-order chi connectivity index (χ0) is 13.9. The number of hydrogen-bond acceptors (Lipinski definition) is 2. The normalized spacial score (nSPS) is 20.0. The van der Waals surface area contributed by atoms with Crippen molar-refractivity contribution in [2.45, 2.75) is 18.8 Å². The van der Waals surface area contributed by atoms with Gasteiger partial charge in [-0.15, -0.1) is 0 Å². The lowest BCUT2D eigenvalue weighted by atomic mass is 9.94. The number of nitrogens with zero attached hydrogens (tertiary/aromatic N) is 2. The summed E-state index contributed by atoms with van der Waals surface area (Å²) in [4.78, 5) is 7.03. The molecule has 0 N–H and O–H groups in total. The zero-order valence-corrected chi connectivity index (χ0v) is 11.7. The molecule has 0 saturated carbocycles. The van der Waals surface area contributed by atoms with Crippen LogP contribution in [0.3, 0.4) is 0 Å². The summed E-state index contributed by atoms with van der Waals surface area (Å²) in [5, 5.41) is 0. The summed E-state index contributed by atoms with van der Waals surface area (Å²) in [7, 11) is 2.15. The van der Waals surface area contributed by atoms with Gasteiger partial charge in [0, 0.05) is 23.7 Å². The summed E-state index contributed by atoms with van der Waals surface area (Å²) >= 11 is 0. The topological polar surface area (TPSA) is 16.1 Å². The van der Waals surface area contributed by atoms with Gasteiger partial charge in [0.15, 0.2) is 0 Å². The van der Waals surface area contributed by atoms with Gasteiger partial charge in [0.1, 0.15) is 5.82 Å². The number of likely N-dealkylation sites (N-methyl/N-ethyl adjacent to an activating group) is 1. The van der Waals surface area contributed by atoms with E-state index in [1.54, 1.807) is 12.1 Å². The molecule has 3 heteroatoms. The van der Waals surface area contributed by atoms with Gasteiger partial charge in [-0.05, 0) is 50.7 Å². The van der Waals surface area contributed by atoms with Crippen molar-refractivity contribution < 1.29 is 4.39 Å². The van der Waals surface area contributed by atoms with Crippen LogP contribution in [0.2, 0.25) is 0 Å². The molecule has 2 nitrogen and oxygen atoms in total. The van der Waals surface area contributed by atoms with E-state index in [4.69, 9.17) is 4.98 Å². The third-order valence-electron chi connectivity index (χ3n) is 3.96. The van der Waals surface area contributed by atoms with Gasteiger partial charge >= 0.3 is 0 Å². The van der Waals surface area contributed by atoms with Crippen molar-refractivity contribution in [3.8, 4) is 11.3 Å². The van der Waals surface area contributed by atoms with Crippen LogP contribution in [0.5, 0.6) is 0 Å². The van der Waals surface area contributed by atoms with Crippen LogP contribution >= 0.6 is 0 Å². The Labute approximate surface area is 119 Å². The Morgan fingerprint density at radius 3 is 2.80 bits per heavy atom. The van der Waals surface area contributed by atoms with Crippen LogP contribution in [0, 0.1) is 5.82 Å². The Balaban J connectivity index is 1.92. The largest absolute Gasteiger partial charge is 0.306 e. The number of halogens is 1. The fourth-order valence-electron chi connectivity index (χ4n) is 2.91. The van der Waals surface area contributed by atoms with E-state index in [0.29, 0.717) is 11.5 Å². The van der Waals surface area contributed by atoms with E-state index in [9.17, 15) is 4.39 Å². The Hall–Kier alpha value is -1.74. The third-order valence-corrected chi connectivity index (χ3v) is 3.96. The standard InChI is InChI=1S/C17H19FN2/c1-20-11-5-6-13(12-20)16-9-4-10-17(19-16)14-7-2-3-8-15(14)18/h2-4,7-10,13H,5-6,11-12H2,1H3/t13-/m1/s1. The lowest BCUT2D eigenvalue weighted by molar-refractivity contribution is 0.248. The summed E-state index contributed by atoms with van der Waals surface area (Å²) in [5.41, 5.74) is 2.39. The summed E-state index contributed by atoms with van der Waals surface area (Å²) in [6.45, 7) is 2.19. The average molecular weight is 270 g/mol. The molecule has 104 valence electrons. The molecule has 0 aliphatic carbocycles. The first-order valence-corrected chi connectivity index (χ1v) is 7.14. The second kappa shape index (κ2) is 5.71. The van der Waals surface area contributed by atoms with Crippen molar-refractivity contribution >= 4 is 0 Å². The molecule has 0 bridgehead atoms. The van der Waals surface area contributed by atoms with Crippen molar-refractivity contribution in [1.29, 1.82) is 0 Å². The maximum Gasteiger partial charge on any atom is 0.132 e. The highest BCUT2D eigenvalue weighted by molar-refractivity contribution is 5.59. The molecule has 0 amide bonds. The van der Waals surface area contributed by atoms with E-state index in [2.05, 4.69) is 18.0 Å². The van der Waals surface area contributed by atoms with Gasteiger partial charge in [-0.1, -0.05) is 18.2 Å². The molecule has 1 saturated heterocycles. The molecular formula is C17H19FN2. The predicted molar refractivity (Wildman–Crippen MR) is 79.1 cm³/mol. The summed E-state index contributed by atoms with van der Waals surface area (Å²) < 4.78 is 13.9. The Morgan fingerprint density at radius 2 is 2.00 bits per heavy atom. The van der Waals surface area contributed by atoms with Crippen LogP contribution in [0.1, 0.15) is 24.5 Å². The molecule has 3 rings (SSSR count). The Morgan fingerprint density at radius 1 is 1.15 bits per heavy atom. The summed E-state index contributed by atoms with van der Waals surface area (Å²) in [5.74, 6) is 0.249. The molecule has 1 aromatic heterocycles. The van der Waals surface area contributed by atoms with Crippen molar-refractivity contribution in [2.75, 3.05) is 20.1 Å². The lowest BCUT2D eigenvalue weighted by Crippen LogP contribution is -2.31.